The molecule has 0 unspecified atom stereocenters. The summed E-state index contributed by atoms with van der Waals surface area (Å²) in [5.41, 5.74) is 0. The Labute approximate surface area is 37.5 Å². The van der Waals surface area contributed by atoms with Gasteiger partial charge in [0, 0.05) is 6.42 Å². The Kier molecular flexibility index (Phi) is 13.5. The zero-order chi connectivity index (χ0) is 4.12. The van der Waals surface area contributed by atoms with Crippen molar-refractivity contribution in [1.82, 2.24) is 0 Å². The number of hydrogen-bond acceptors (Lipinski definition) is 1. The summed E-state index contributed by atoms with van der Waals surface area (Å²) in [7, 11) is 0. The molecule has 2 heteroatoms. The number of carbonyl (C=O) groups is 1. The van der Waals surface area contributed by atoms with E-state index in [4.69, 9.17) is 0 Å². The zero-order valence-electron chi connectivity index (χ0n) is 3.90. The molecule has 0 rings (SSSR count). The number of carbonyl (C=O) groups excluding carboxylic acids is 1. The summed E-state index contributed by atoms with van der Waals surface area (Å²) in [6.07, 6.45) is 2.61. The van der Waals surface area contributed by atoms with Gasteiger partial charge in [-0.15, -0.1) is 0 Å². The van der Waals surface area contributed by atoms with Gasteiger partial charge in [-0.2, -0.15) is 0 Å². The van der Waals surface area contributed by atoms with Crippen LogP contribution in [0.2, 0.25) is 0 Å². The van der Waals surface area contributed by atoms with E-state index < -0.39 is 0 Å². The minimum absolute atomic E-state index is 0. The average molecular weight is 90.1 g/mol. The van der Waals surface area contributed by atoms with E-state index in [2.05, 4.69) is 0 Å². The molecule has 0 aliphatic carbocycles. The van der Waals surface area contributed by atoms with Crippen LogP contribution in [0.4, 0.5) is 0 Å². The Hall–Kier alpha value is -0.370. The van der Waals surface area contributed by atoms with Crippen LogP contribution in [0.15, 0.2) is 0 Å². The van der Waals surface area contributed by atoms with Crippen molar-refractivity contribution in [1.29, 1.82) is 0 Å². The molecule has 0 fully saturated rings. The molecule has 0 aliphatic rings. The standard InChI is InChI=1S/C4H8O.H2O/c1-2-3-4-5;/h4H,2-3H2,1H3;1H2. The minimum atomic E-state index is 0. The van der Waals surface area contributed by atoms with Crippen molar-refractivity contribution in [2.24, 2.45) is 0 Å². The van der Waals surface area contributed by atoms with Crippen molar-refractivity contribution >= 4 is 6.29 Å². The molecule has 2 nitrogen and oxygen atoms in total. The molecule has 0 saturated carbocycles. The summed E-state index contributed by atoms with van der Waals surface area (Å²) in [5.74, 6) is 0. The lowest BCUT2D eigenvalue weighted by molar-refractivity contribution is -0.107. The highest BCUT2D eigenvalue weighted by Gasteiger charge is 1.66. The molecule has 0 heterocycles. The van der Waals surface area contributed by atoms with Crippen molar-refractivity contribution in [2.45, 2.75) is 19.8 Å². The third-order valence-corrected chi connectivity index (χ3v) is 0.407. The van der Waals surface area contributed by atoms with Gasteiger partial charge in [-0.25, -0.2) is 0 Å². The molecule has 2 N–H and O–H groups in total. The molecular formula is C4H10O2. The van der Waals surface area contributed by atoms with E-state index in [0.29, 0.717) is 6.42 Å². The van der Waals surface area contributed by atoms with Gasteiger partial charge in [0.25, 0.3) is 0 Å². The zero-order valence-corrected chi connectivity index (χ0v) is 3.90. The number of unbranched alkanes of at least 4 members (excludes halogenated alkanes) is 1. The molecule has 0 aromatic carbocycles. The summed E-state index contributed by atoms with van der Waals surface area (Å²) in [6.45, 7) is 1.98. The number of aldehydes is 1. The van der Waals surface area contributed by atoms with Gasteiger partial charge in [-0.05, 0) is 6.42 Å². The fourth-order valence-corrected chi connectivity index (χ4v) is 0.118. The third-order valence-electron chi connectivity index (χ3n) is 0.407. The summed E-state index contributed by atoms with van der Waals surface area (Å²) in [6, 6.07) is 0. The van der Waals surface area contributed by atoms with Crippen molar-refractivity contribution in [2.75, 3.05) is 0 Å². The number of rotatable bonds is 2. The lowest BCUT2D eigenvalue weighted by Crippen LogP contribution is -1.64. The van der Waals surface area contributed by atoms with Crippen LogP contribution < -0.4 is 0 Å². The summed E-state index contributed by atoms with van der Waals surface area (Å²) < 4.78 is 0. The third kappa shape index (κ3) is 9.45. The highest BCUT2D eigenvalue weighted by Crippen LogP contribution is 1.74. The highest BCUT2D eigenvalue weighted by atomic mass is 16.1. The van der Waals surface area contributed by atoms with Gasteiger partial charge < -0.3 is 10.3 Å². The van der Waals surface area contributed by atoms with Gasteiger partial charge in [0.2, 0.25) is 0 Å². The van der Waals surface area contributed by atoms with Crippen LogP contribution in [0.1, 0.15) is 19.8 Å². The monoisotopic (exact) mass is 90.1 g/mol. The first kappa shape index (κ1) is 9.16. The van der Waals surface area contributed by atoms with E-state index in [0.717, 1.165) is 12.7 Å². The second-order valence-electron chi connectivity index (χ2n) is 0.955. The summed E-state index contributed by atoms with van der Waals surface area (Å²) >= 11 is 0. The lowest BCUT2D eigenvalue weighted by atomic mass is 10.4. The van der Waals surface area contributed by atoms with Crippen LogP contribution >= 0.6 is 0 Å². The van der Waals surface area contributed by atoms with Gasteiger partial charge in [0.05, 0.1) is 0 Å². The van der Waals surface area contributed by atoms with Crippen molar-refractivity contribution in [3.8, 4) is 0 Å². The van der Waals surface area contributed by atoms with Crippen LogP contribution in [0.3, 0.4) is 0 Å². The molecule has 0 saturated heterocycles. The second-order valence-corrected chi connectivity index (χ2v) is 0.955. The molecule has 0 amide bonds. The topological polar surface area (TPSA) is 48.6 Å². The average Bonchev–Trinajstić information content (AvgIpc) is 1.41. The van der Waals surface area contributed by atoms with Gasteiger partial charge in [0.1, 0.15) is 6.29 Å². The van der Waals surface area contributed by atoms with Gasteiger partial charge in [0.15, 0.2) is 0 Å². The minimum Gasteiger partial charge on any atom is -0.412 e. The van der Waals surface area contributed by atoms with E-state index >= 15 is 0 Å². The van der Waals surface area contributed by atoms with E-state index in [9.17, 15) is 4.79 Å². The first-order valence-corrected chi connectivity index (χ1v) is 1.85. The molecule has 6 heavy (non-hydrogen) atoms. The Morgan fingerprint density at radius 2 is 2.17 bits per heavy atom. The van der Waals surface area contributed by atoms with Gasteiger partial charge in [-0.1, -0.05) is 6.92 Å². The quantitative estimate of drug-likeness (QED) is 0.445. The predicted molar refractivity (Wildman–Crippen MR) is 24.6 cm³/mol. The van der Waals surface area contributed by atoms with Crippen LogP contribution in [0.25, 0.3) is 0 Å². The van der Waals surface area contributed by atoms with E-state index in [-0.39, 0.29) is 5.48 Å². The van der Waals surface area contributed by atoms with Crippen molar-refractivity contribution < 1.29 is 10.3 Å². The van der Waals surface area contributed by atoms with Crippen LogP contribution in [-0.4, -0.2) is 11.8 Å². The molecule has 0 bridgehead atoms. The first-order valence-electron chi connectivity index (χ1n) is 1.85. The molecule has 0 aliphatic heterocycles. The first-order chi connectivity index (χ1) is 2.41. The smallest absolute Gasteiger partial charge is 0.119 e. The van der Waals surface area contributed by atoms with E-state index in [1.54, 1.807) is 0 Å². The summed E-state index contributed by atoms with van der Waals surface area (Å²) in [4.78, 5) is 9.40. The predicted octanol–water partition coefficient (Wildman–Crippen LogP) is 0.161. The maximum atomic E-state index is 9.40. The van der Waals surface area contributed by atoms with Crippen LogP contribution in [-0.2, 0) is 4.79 Å². The van der Waals surface area contributed by atoms with Crippen molar-refractivity contribution in [3.05, 3.63) is 0 Å². The SMILES string of the molecule is CCCC=O.O. The molecule has 38 valence electrons. The molecule has 0 aromatic heterocycles. The second kappa shape index (κ2) is 8.82. The fourth-order valence-electron chi connectivity index (χ4n) is 0.118. The molecule has 0 radical (unpaired) electrons. The van der Waals surface area contributed by atoms with Crippen LogP contribution in [0.5, 0.6) is 0 Å². The largest absolute Gasteiger partial charge is 0.412 e. The Balaban J connectivity index is 0. The normalized spacial score (nSPS) is 6.17. The maximum Gasteiger partial charge on any atom is 0.119 e. The molecule has 0 atom stereocenters. The maximum absolute atomic E-state index is 9.40. The van der Waals surface area contributed by atoms with Crippen molar-refractivity contribution in [3.63, 3.8) is 0 Å². The van der Waals surface area contributed by atoms with E-state index in [1.807, 2.05) is 6.92 Å². The highest BCUT2D eigenvalue weighted by molar-refractivity contribution is 5.48. The molecule has 0 spiro atoms. The van der Waals surface area contributed by atoms with Gasteiger partial charge in [-0.3, -0.25) is 0 Å². The Morgan fingerprint density at radius 3 is 2.17 bits per heavy atom. The Bertz CT molecular complexity index is 26.7. The summed E-state index contributed by atoms with van der Waals surface area (Å²) in [5, 5.41) is 0. The van der Waals surface area contributed by atoms with Gasteiger partial charge >= 0.3 is 0 Å². The lowest BCUT2D eigenvalue weighted by Gasteiger charge is -1.68. The van der Waals surface area contributed by atoms with Crippen LogP contribution in [0, 0.1) is 0 Å². The molecule has 0 aromatic rings. The van der Waals surface area contributed by atoms with E-state index in [1.165, 1.54) is 0 Å². The fraction of sp³-hybridized carbons (Fsp3) is 0.750. The number of hydrogen-bond donors (Lipinski definition) is 0. The molecular weight excluding hydrogens is 80.0 g/mol. The Morgan fingerprint density at radius 1 is 1.67 bits per heavy atom.